The SMILES string of the molecule is COc1c(C)c(OC)c(C2CC2)c(Cl)c1Cl. The van der Waals surface area contributed by atoms with Gasteiger partial charge in [0.2, 0.25) is 0 Å². The van der Waals surface area contributed by atoms with E-state index in [1.54, 1.807) is 14.2 Å². The second-order valence-corrected chi connectivity index (χ2v) is 4.76. The number of hydrogen-bond donors (Lipinski definition) is 0. The molecule has 1 aromatic carbocycles. The van der Waals surface area contributed by atoms with E-state index in [2.05, 4.69) is 0 Å². The fourth-order valence-corrected chi connectivity index (χ4v) is 2.68. The minimum atomic E-state index is 0.490. The van der Waals surface area contributed by atoms with Crippen LogP contribution in [0, 0.1) is 6.92 Å². The van der Waals surface area contributed by atoms with Crippen LogP contribution >= 0.6 is 23.2 Å². The maximum absolute atomic E-state index is 6.28. The number of hydrogen-bond acceptors (Lipinski definition) is 2. The van der Waals surface area contributed by atoms with Gasteiger partial charge in [0, 0.05) is 11.1 Å². The van der Waals surface area contributed by atoms with Crippen LogP contribution in [0.1, 0.15) is 29.9 Å². The van der Waals surface area contributed by atoms with E-state index in [9.17, 15) is 0 Å². The summed E-state index contributed by atoms with van der Waals surface area (Å²) in [5, 5.41) is 1.06. The Morgan fingerprint density at radius 3 is 2.00 bits per heavy atom. The van der Waals surface area contributed by atoms with Gasteiger partial charge in [-0.05, 0) is 25.7 Å². The summed E-state index contributed by atoms with van der Waals surface area (Å²) in [5.74, 6) is 1.91. The topological polar surface area (TPSA) is 18.5 Å². The van der Waals surface area contributed by atoms with Gasteiger partial charge in [0.25, 0.3) is 0 Å². The van der Waals surface area contributed by atoms with Crippen LogP contribution in [0.25, 0.3) is 0 Å². The monoisotopic (exact) mass is 260 g/mol. The quantitative estimate of drug-likeness (QED) is 0.811. The number of halogens is 2. The summed E-state index contributed by atoms with van der Waals surface area (Å²) in [5.41, 5.74) is 1.95. The van der Waals surface area contributed by atoms with E-state index >= 15 is 0 Å². The molecule has 0 unspecified atom stereocenters. The molecule has 0 radical (unpaired) electrons. The lowest BCUT2D eigenvalue weighted by atomic mass is 10.0. The largest absolute Gasteiger partial charge is 0.496 e. The summed E-state index contributed by atoms with van der Waals surface area (Å²) in [6.45, 7) is 1.94. The Bertz CT molecular complexity index is 426. The van der Waals surface area contributed by atoms with E-state index < -0.39 is 0 Å². The maximum atomic E-state index is 6.28. The molecule has 0 N–H and O–H groups in total. The summed E-state index contributed by atoms with van der Waals surface area (Å²) in [6, 6.07) is 0. The molecule has 0 aromatic heterocycles. The molecule has 0 heterocycles. The zero-order valence-electron chi connectivity index (χ0n) is 9.56. The van der Waals surface area contributed by atoms with Gasteiger partial charge >= 0.3 is 0 Å². The Hall–Kier alpha value is -0.600. The number of benzene rings is 1. The Kier molecular flexibility index (Phi) is 3.22. The van der Waals surface area contributed by atoms with Crippen molar-refractivity contribution in [3.63, 3.8) is 0 Å². The summed E-state index contributed by atoms with van der Waals surface area (Å²) < 4.78 is 10.7. The highest BCUT2D eigenvalue weighted by atomic mass is 35.5. The minimum absolute atomic E-state index is 0.490. The Morgan fingerprint density at radius 2 is 1.56 bits per heavy atom. The van der Waals surface area contributed by atoms with Crippen molar-refractivity contribution in [2.75, 3.05) is 14.2 Å². The predicted octanol–water partition coefficient (Wildman–Crippen LogP) is 4.20. The van der Waals surface area contributed by atoms with Crippen molar-refractivity contribution >= 4 is 23.2 Å². The van der Waals surface area contributed by atoms with Crippen LogP contribution in [0.2, 0.25) is 10.0 Å². The third kappa shape index (κ3) is 1.74. The first-order valence-electron chi connectivity index (χ1n) is 5.21. The molecular formula is C12H14Cl2O2. The predicted molar refractivity (Wildman–Crippen MR) is 66.3 cm³/mol. The molecule has 2 rings (SSSR count). The van der Waals surface area contributed by atoms with E-state index in [-0.39, 0.29) is 0 Å². The van der Waals surface area contributed by atoms with Gasteiger partial charge in [0.05, 0.1) is 19.2 Å². The molecule has 0 atom stereocenters. The molecule has 0 spiro atoms. The highest BCUT2D eigenvalue weighted by Gasteiger charge is 2.33. The van der Waals surface area contributed by atoms with Gasteiger partial charge in [-0.15, -0.1) is 0 Å². The second-order valence-electron chi connectivity index (χ2n) is 4.01. The molecule has 4 heteroatoms. The number of methoxy groups -OCH3 is 2. The Morgan fingerprint density at radius 1 is 1.00 bits per heavy atom. The van der Waals surface area contributed by atoms with Crippen molar-refractivity contribution < 1.29 is 9.47 Å². The molecule has 2 nitrogen and oxygen atoms in total. The van der Waals surface area contributed by atoms with Crippen LogP contribution in [0.3, 0.4) is 0 Å². The van der Waals surface area contributed by atoms with Gasteiger partial charge in [-0.25, -0.2) is 0 Å². The molecule has 0 saturated heterocycles. The molecule has 88 valence electrons. The van der Waals surface area contributed by atoms with Gasteiger partial charge in [-0.1, -0.05) is 23.2 Å². The summed E-state index contributed by atoms with van der Waals surface area (Å²) in [6.07, 6.45) is 2.30. The first kappa shape index (κ1) is 11.9. The molecule has 16 heavy (non-hydrogen) atoms. The van der Waals surface area contributed by atoms with E-state index in [0.29, 0.717) is 21.7 Å². The third-order valence-corrected chi connectivity index (χ3v) is 3.80. The van der Waals surface area contributed by atoms with Gasteiger partial charge in [-0.2, -0.15) is 0 Å². The van der Waals surface area contributed by atoms with Crippen molar-refractivity contribution in [2.24, 2.45) is 0 Å². The van der Waals surface area contributed by atoms with Gasteiger partial charge in [0.1, 0.15) is 16.5 Å². The standard InChI is InChI=1S/C12H14Cl2O2/c1-6-11(15-2)8(7-4-5-7)9(13)10(14)12(6)16-3/h7H,4-5H2,1-3H3. The molecule has 1 aromatic rings. The van der Waals surface area contributed by atoms with E-state index in [0.717, 1.165) is 29.7 Å². The molecular weight excluding hydrogens is 247 g/mol. The maximum Gasteiger partial charge on any atom is 0.145 e. The van der Waals surface area contributed by atoms with E-state index in [4.69, 9.17) is 32.7 Å². The molecule has 0 bridgehead atoms. The Balaban J connectivity index is 2.68. The van der Waals surface area contributed by atoms with E-state index in [1.165, 1.54) is 0 Å². The van der Waals surface area contributed by atoms with Crippen LogP contribution in [0.4, 0.5) is 0 Å². The zero-order valence-corrected chi connectivity index (χ0v) is 11.1. The molecule has 0 aliphatic heterocycles. The van der Waals surface area contributed by atoms with Gasteiger partial charge in [-0.3, -0.25) is 0 Å². The second kappa shape index (κ2) is 4.34. The number of ether oxygens (including phenoxy) is 2. The number of rotatable bonds is 3. The lowest BCUT2D eigenvalue weighted by Crippen LogP contribution is -1.99. The zero-order chi connectivity index (χ0) is 11.9. The van der Waals surface area contributed by atoms with Crippen molar-refractivity contribution in [2.45, 2.75) is 25.7 Å². The lowest BCUT2D eigenvalue weighted by Gasteiger charge is -2.17. The van der Waals surface area contributed by atoms with Crippen LogP contribution in [-0.4, -0.2) is 14.2 Å². The van der Waals surface area contributed by atoms with Crippen molar-refractivity contribution in [1.29, 1.82) is 0 Å². The van der Waals surface area contributed by atoms with Crippen LogP contribution in [-0.2, 0) is 0 Å². The van der Waals surface area contributed by atoms with Gasteiger partial charge < -0.3 is 9.47 Å². The molecule has 0 amide bonds. The first-order valence-corrected chi connectivity index (χ1v) is 5.96. The molecule has 1 saturated carbocycles. The van der Waals surface area contributed by atoms with Crippen LogP contribution < -0.4 is 9.47 Å². The summed E-state index contributed by atoms with van der Waals surface area (Å²) >= 11 is 12.5. The fraction of sp³-hybridized carbons (Fsp3) is 0.500. The van der Waals surface area contributed by atoms with E-state index in [1.807, 2.05) is 6.92 Å². The Labute approximate surface area is 105 Å². The van der Waals surface area contributed by atoms with Crippen LogP contribution in [0.15, 0.2) is 0 Å². The van der Waals surface area contributed by atoms with Crippen molar-refractivity contribution in [1.82, 2.24) is 0 Å². The highest BCUT2D eigenvalue weighted by molar-refractivity contribution is 6.43. The average Bonchev–Trinajstić information content (AvgIpc) is 3.07. The average molecular weight is 261 g/mol. The summed E-state index contributed by atoms with van der Waals surface area (Å²) in [7, 11) is 3.23. The van der Waals surface area contributed by atoms with Gasteiger partial charge in [0.15, 0.2) is 0 Å². The smallest absolute Gasteiger partial charge is 0.145 e. The van der Waals surface area contributed by atoms with Crippen molar-refractivity contribution in [3.05, 3.63) is 21.2 Å². The fourth-order valence-electron chi connectivity index (χ4n) is 2.03. The van der Waals surface area contributed by atoms with Crippen molar-refractivity contribution in [3.8, 4) is 11.5 Å². The lowest BCUT2D eigenvalue weighted by molar-refractivity contribution is 0.386. The highest BCUT2D eigenvalue weighted by Crippen LogP contribution is 2.53. The molecule has 1 fully saturated rings. The first-order chi connectivity index (χ1) is 7.61. The normalized spacial score (nSPS) is 15.1. The molecule has 1 aliphatic carbocycles. The minimum Gasteiger partial charge on any atom is -0.496 e. The summed E-state index contributed by atoms with van der Waals surface area (Å²) in [4.78, 5) is 0. The third-order valence-electron chi connectivity index (χ3n) is 2.95. The molecule has 1 aliphatic rings. The van der Waals surface area contributed by atoms with Crippen LogP contribution in [0.5, 0.6) is 11.5 Å².